The first-order chi connectivity index (χ1) is 13.7. The fourth-order valence-electron chi connectivity index (χ4n) is 3.49. The molecule has 0 spiro atoms. The molecule has 1 fully saturated rings. The van der Waals surface area contributed by atoms with E-state index < -0.39 is 0 Å². The minimum absolute atomic E-state index is 0. The summed E-state index contributed by atoms with van der Waals surface area (Å²) in [5.74, 6) is 1.76. The van der Waals surface area contributed by atoms with Gasteiger partial charge in [-0.25, -0.2) is 0 Å². The summed E-state index contributed by atoms with van der Waals surface area (Å²) in [6.45, 7) is 1.44. The van der Waals surface area contributed by atoms with E-state index in [1.807, 2.05) is 36.4 Å². The third kappa shape index (κ3) is 7.72. The van der Waals surface area contributed by atoms with E-state index in [0.717, 1.165) is 36.7 Å². The Bertz CT molecular complexity index is 771. The number of carbonyl (C=O) groups is 1. The van der Waals surface area contributed by atoms with Gasteiger partial charge in [-0.2, -0.15) is 0 Å². The van der Waals surface area contributed by atoms with Gasteiger partial charge in [0.2, 0.25) is 0 Å². The Hall–Kier alpha value is -2.03. The van der Waals surface area contributed by atoms with E-state index >= 15 is 0 Å². The van der Waals surface area contributed by atoms with E-state index in [4.69, 9.17) is 9.41 Å². The lowest BCUT2D eigenvalue weighted by molar-refractivity contribution is 0.0963. The highest BCUT2D eigenvalue weighted by Gasteiger charge is 2.16. The topological polar surface area (TPSA) is 78.7 Å². The van der Waals surface area contributed by atoms with Crippen molar-refractivity contribution in [3.8, 4) is 0 Å². The van der Waals surface area contributed by atoms with Crippen LogP contribution in [0.3, 0.4) is 0 Å². The largest absolute Gasteiger partial charge is 0.469 e. The van der Waals surface area contributed by atoms with Gasteiger partial charge in [-0.05, 0) is 49.1 Å². The van der Waals surface area contributed by atoms with Gasteiger partial charge in [0.25, 0.3) is 5.91 Å². The van der Waals surface area contributed by atoms with E-state index in [1.165, 1.54) is 25.7 Å². The van der Waals surface area contributed by atoms with Crippen LogP contribution >= 0.6 is 24.0 Å². The predicted octanol–water partition coefficient (Wildman–Crippen LogP) is 3.52. The summed E-state index contributed by atoms with van der Waals surface area (Å²) in [4.78, 5) is 16.5. The second-order valence-electron chi connectivity index (χ2n) is 7.14. The summed E-state index contributed by atoms with van der Waals surface area (Å²) < 4.78 is 5.38. The zero-order chi connectivity index (χ0) is 19.6. The molecule has 1 saturated carbocycles. The molecule has 158 valence electrons. The quantitative estimate of drug-likeness (QED) is 0.289. The van der Waals surface area contributed by atoms with E-state index in [0.29, 0.717) is 18.2 Å². The molecule has 2 aromatic rings. The Morgan fingerprint density at radius 3 is 2.72 bits per heavy atom. The Morgan fingerprint density at radius 1 is 1.17 bits per heavy atom. The highest BCUT2D eigenvalue weighted by atomic mass is 127. The van der Waals surface area contributed by atoms with Crippen molar-refractivity contribution in [2.24, 2.45) is 4.99 Å². The molecule has 1 aromatic heterocycles. The van der Waals surface area contributed by atoms with Crippen molar-refractivity contribution in [3.63, 3.8) is 0 Å². The fraction of sp³-hybridized carbons (Fsp3) is 0.455. The van der Waals surface area contributed by atoms with E-state index in [1.54, 1.807) is 13.3 Å². The van der Waals surface area contributed by atoms with Gasteiger partial charge in [0.1, 0.15) is 5.76 Å². The van der Waals surface area contributed by atoms with Crippen LogP contribution in [0.2, 0.25) is 0 Å². The molecule has 0 atom stereocenters. The number of benzene rings is 1. The van der Waals surface area contributed by atoms with Crippen LogP contribution in [0.1, 0.15) is 47.4 Å². The zero-order valence-corrected chi connectivity index (χ0v) is 19.3. The zero-order valence-electron chi connectivity index (χ0n) is 16.9. The van der Waals surface area contributed by atoms with Crippen molar-refractivity contribution < 1.29 is 9.21 Å². The molecule has 7 heteroatoms. The maximum Gasteiger partial charge on any atom is 0.251 e. The van der Waals surface area contributed by atoms with Gasteiger partial charge < -0.3 is 20.4 Å². The van der Waals surface area contributed by atoms with E-state index in [2.05, 4.69) is 16.0 Å². The molecular formula is C22H31IN4O2. The molecule has 0 bridgehead atoms. The van der Waals surface area contributed by atoms with Gasteiger partial charge in [0.05, 0.1) is 6.26 Å². The third-order valence-electron chi connectivity index (χ3n) is 5.03. The molecule has 1 aliphatic rings. The van der Waals surface area contributed by atoms with Crippen LogP contribution in [-0.4, -0.2) is 38.0 Å². The molecule has 1 heterocycles. The van der Waals surface area contributed by atoms with Crippen LogP contribution in [0.25, 0.3) is 0 Å². The smallest absolute Gasteiger partial charge is 0.251 e. The monoisotopic (exact) mass is 510 g/mol. The Labute approximate surface area is 190 Å². The lowest BCUT2D eigenvalue weighted by atomic mass is 10.1. The molecule has 3 N–H and O–H groups in total. The first-order valence-electron chi connectivity index (χ1n) is 10.1. The summed E-state index contributed by atoms with van der Waals surface area (Å²) in [5, 5.41) is 9.68. The van der Waals surface area contributed by atoms with Gasteiger partial charge >= 0.3 is 0 Å². The van der Waals surface area contributed by atoms with Crippen LogP contribution in [0, 0.1) is 0 Å². The number of halogens is 1. The Morgan fingerprint density at radius 2 is 2.00 bits per heavy atom. The number of nitrogens with zero attached hydrogens (tertiary/aromatic N) is 1. The fourth-order valence-corrected chi connectivity index (χ4v) is 3.49. The number of furan rings is 1. The van der Waals surface area contributed by atoms with E-state index in [9.17, 15) is 4.79 Å². The standard InChI is InChI=1S/C22H30N4O2.HI/c1-23-21(27)18-7-4-6-17(16-18)11-13-24-22(26-19-8-2-3-9-19)25-14-12-20-10-5-15-28-20;/h4-7,10,15-16,19H,2-3,8-9,11-14H2,1H3,(H,23,27)(H2,24,25,26);1H. The maximum atomic E-state index is 11.8. The summed E-state index contributed by atoms with van der Waals surface area (Å²) in [7, 11) is 1.65. The van der Waals surface area contributed by atoms with Crippen LogP contribution in [0.4, 0.5) is 0 Å². The highest BCUT2D eigenvalue weighted by Crippen LogP contribution is 2.17. The Kier molecular flexibility index (Phi) is 10.0. The molecule has 3 rings (SSSR count). The maximum absolute atomic E-state index is 11.8. The minimum Gasteiger partial charge on any atom is -0.469 e. The first kappa shape index (κ1) is 23.3. The number of amides is 1. The second-order valence-corrected chi connectivity index (χ2v) is 7.14. The molecule has 29 heavy (non-hydrogen) atoms. The SMILES string of the molecule is CNC(=O)c1cccc(CCNC(=NCCc2ccco2)NC2CCCC2)c1.I. The normalized spacial score (nSPS) is 14.3. The second kappa shape index (κ2) is 12.5. The average Bonchev–Trinajstić information content (AvgIpc) is 3.41. The van der Waals surface area contributed by atoms with E-state index in [-0.39, 0.29) is 29.9 Å². The first-order valence-corrected chi connectivity index (χ1v) is 10.1. The van der Waals surface area contributed by atoms with Gasteiger partial charge in [0, 0.05) is 38.2 Å². The molecule has 1 aliphatic carbocycles. The van der Waals surface area contributed by atoms with Crippen molar-refractivity contribution in [2.75, 3.05) is 20.1 Å². The van der Waals surface area contributed by atoms with Crippen molar-refractivity contribution in [3.05, 3.63) is 59.5 Å². The summed E-state index contributed by atoms with van der Waals surface area (Å²) >= 11 is 0. The lowest BCUT2D eigenvalue weighted by Crippen LogP contribution is -2.43. The highest BCUT2D eigenvalue weighted by molar-refractivity contribution is 14.0. The van der Waals surface area contributed by atoms with Crippen LogP contribution in [0.15, 0.2) is 52.1 Å². The number of carbonyl (C=O) groups excluding carboxylic acids is 1. The number of hydrogen-bond donors (Lipinski definition) is 3. The number of rotatable bonds is 8. The number of hydrogen-bond acceptors (Lipinski definition) is 3. The Balaban J connectivity index is 0.00000300. The lowest BCUT2D eigenvalue weighted by Gasteiger charge is -2.17. The molecule has 0 aliphatic heterocycles. The van der Waals surface area contributed by atoms with Crippen molar-refractivity contribution in [1.29, 1.82) is 0 Å². The number of guanidine groups is 1. The van der Waals surface area contributed by atoms with Gasteiger partial charge in [-0.3, -0.25) is 9.79 Å². The molecule has 6 nitrogen and oxygen atoms in total. The predicted molar refractivity (Wildman–Crippen MR) is 127 cm³/mol. The van der Waals surface area contributed by atoms with Gasteiger partial charge in [0.15, 0.2) is 5.96 Å². The van der Waals surface area contributed by atoms with Gasteiger partial charge in [-0.1, -0.05) is 25.0 Å². The van der Waals surface area contributed by atoms with Crippen LogP contribution < -0.4 is 16.0 Å². The van der Waals surface area contributed by atoms with Crippen molar-refractivity contribution in [2.45, 2.75) is 44.6 Å². The summed E-state index contributed by atoms with van der Waals surface area (Å²) in [5.41, 5.74) is 1.82. The number of aliphatic imine (C=N–C) groups is 1. The third-order valence-corrected chi connectivity index (χ3v) is 5.03. The molecular weight excluding hydrogens is 479 g/mol. The van der Waals surface area contributed by atoms with Crippen LogP contribution in [-0.2, 0) is 12.8 Å². The number of nitrogens with one attached hydrogen (secondary N) is 3. The van der Waals surface area contributed by atoms with Crippen molar-refractivity contribution in [1.82, 2.24) is 16.0 Å². The molecule has 0 radical (unpaired) electrons. The molecule has 1 amide bonds. The molecule has 1 aromatic carbocycles. The molecule has 0 unspecified atom stereocenters. The summed E-state index contributed by atoms with van der Waals surface area (Å²) in [6.07, 6.45) is 8.28. The molecule has 0 saturated heterocycles. The summed E-state index contributed by atoms with van der Waals surface area (Å²) in [6, 6.07) is 12.1. The van der Waals surface area contributed by atoms with Crippen LogP contribution in [0.5, 0.6) is 0 Å². The van der Waals surface area contributed by atoms with Crippen molar-refractivity contribution >= 4 is 35.8 Å². The minimum atomic E-state index is -0.0575. The van der Waals surface area contributed by atoms with Gasteiger partial charge in [-0.15, -0.1) is 24.0 Å². The average molecular weight is 510 g/mol.